The molecule has 0 spiro atoms. The molecule has 0 saturated heterocycles. The second kappa shape index (κ2) is 5.46. The standard InChI is InChI=1S/C18H20N2O2/c1-12(2)18(21,17-10-19-11-20-17)15-6-4-14-9-16(22-3)7-5-13(14)8-15/h4-12,21H,1-3H3,(H,19,20)/t18-/m0/s1. The Morgan fingerprint density at radius 3 is 2.50 bits per heavy atom. The molecule has 4 heteroatoms. The van der Waals surface area contributed by atoms with E-state index in [1.165, 1.54) is 0 Å². The molecule has 1 aromatic heterocycles. The Hall–Kier alpha value is -2.33. The highest BCUT2D eigenvalue weighted by atomic mass is 16.5. The maximum Gasteiger partial charge on any atom is 0.133 e. The summed E-state index contributed by atoms with van der Waals surface area (Å²) in [6, 6.07) is 11.9. The van der Waals surface area contributed by atoms with Gasteiger partial charge in [-0.15, -0.1) is 0 Å². The zero-order chi connectivity index (χ0) is 15.7. The largest absolute Gasteiger partial charge is 0.497 e. The van der Waals surface area contributed by atoms with Gasteiger partial charge in [0.05, 0.1) is 25.3 Å². The molecule has 22 heavy (non-hydrogen) atoms. The third-order valence-corrected chi connectivity index (χ3v) is 4.23. The van der Waals surface area contributed by atoms with Crippen LogP contribution in [0.5, 0.6) is 5.75 Å². The molecular weight excluding hydrogens is 276 g/mol. The number of hydrogen-bond donors (Lipinski definition) is 2. The molecule has 2 N–H and O–H groups in total. The number of fused-ring (bicyclic) bond motifs is 1. The first-order chi connectivity index (χ1) is 10.6. The van der Waals surface area contributed by atoms with E-state index in [4.69, 9.17) is 4.74 Å². The highest BCUT2D eigenvalue weighted by molar-refractivity contribution is 5.84. The van der Waals surface area contributed by atoms with Crippen LogP contribution in [0.4, 0.5) is 0 Å². The molecule has 4 nitrogen and oxygen atoms in total. The van der Waals surface area contributed by atoms with Gasteiger partial charge in [-0.05, 0) is 40.5 Å². The molecule has 0 fully saturated rings. The number of aliphatic hydroxyl groups is 1. The number of methoxy groups -OCH3 is 1. The van der Waals surface area contributed by atoms with E-state index in [0.29, 0.717) is 5.69 Å². The number of H-pyrrole nitrogens is 1. The summed E-state index contributed by atoms with van der Waals surface area (Å²) in [6.45, 7) is 4.00. The van der Waals surface area contributed by atoms with E-state index in [1.807, 2.05) is 50.2 Å². The topological polar surface area (TPSA) is 58.1 Å². The van der Waals surface area contributed by atoms with Crippen LogP contribution < -0.4 is 4.74 Å². The van der Waals surface area contributed by atoms with Crippen LogP contribution in [0.2, 0.25) is 0 Å². The predicted octanol–water partition coefficient (Wildman–Crippen LogP) is 3.46. The van der Waals surface area contributed by atoms with Crippen LogP contribution in [0.25, 0.3) is 10.8 Å². The highest BCUT2D eigenvalue weighted by Crippen LogP contribution is 2.37. The first-order valence-corrected chi connectivity index (χ1v) is 7.35. The van der Waals surface area contributed by atoms with Crippen LogP contribution in [0.1, 0.15) is 25.1 Å². The highest BCUT2D eigenvalue weighted by Gasteiger charge is 2.36. The third kappa shape index (κ3) is 2.25. The van der Waals surface area contributed by atoms with E-state index < -0.39 is 5.60 Å². The first-order valence-electron chi connectivity index (χ1n) is 7.35. The number of benzene rings is 2. The minimum absolute atomic E-state index is 0.00338. The number of imidazole rings is 1. The molecule has 114 valence electrons. The maximum atomic E-state index is 11.3. The molecule has 2 aromatic carbocycles. The van der Waals surface area contributed by atoms with Gasteiger partial charge in [0.15, 0.2) is 0 Å². The van der Waals surface area contributed by atoms with Crippen molar-refractivity contribution >= 4 is 10.8 Å². The van der Waals surface area contributed by atoms with E-state index in [1.54, 1.807) is 19.6 Å². The predicted molar refractivity (Wildman–Crippen MR) is 86.9 cm³/mol. The number of aromatic nitrogens is 2. The molecule has 0 saturated carbocycles. The number of ether oxygens (including phenoxy) is 1. The fraction of sp³-hybridized carbons (Fsp3) is 0.278. The van der Waals surface area contributed by atoms with Gasteiger partial charge in [-0.1, -0.05) is 32.0 Å². The van der Waals surface area contributed by atoms with Gasteiger partial charge in [-0.25, -0.2) is 4.98 Å². The van der Waals surface area contributed by atoms with Crippen molar-refractivity contribution in [3.05, 3.63) is 60.2 Å². The molecule has 0 aliphatic heterocycles. The number of nitrogens with one attached hydrogen (secondary N) is 1. The van der Waals surface area contributed by atoms with Crippen LogP contribution >= 0.6 is 0 Å². The second-order valence-electron chi connectivity index (χ2n) is 5.81. The lowest BCUT2D eigenvalue weighted by atomic mass is 9.80. The van der Waals surface area contributed by atoms with Crippen molar-refractivity contribution < 1.29 is 9.84 Å². The van der Waals surface area contributed by atoms with Gasteiger partial charge >= 0.3 is 0 Å². The number of aromatic amines is 1. The quantitative estimate of drug-likeness (QED) is 0.775. The second-order valence-corrected chi connectivity index (χ2v) is 5.81. The van der Waals surface area contributed by atoms with E-state index in [9.17, 15) is 5.11 Å². The molecule has 1 heterocycles. The molecule has 0 radical (unpaired) electrons. The Labute approximate surface area is 129 Å². The molecule has 0 amide bonds. The summed E-state index contributed by atoms with van der Waals surface area (Å²) in [5.74, 6) is 0.830. The summed E-state index contributed by atoms with van der Waals surface area (Å²) in [7, 11) is 1.66. The summed E-state index contributed by atoms with van der Waals surface area (Å²) < 4.78 is 5.25. The lowest BCUT2D eigenvalue weighted by Crippen LogP contribution is -2.33. The van der Waals surface area contributed by atoms with Crippen LogP contribution in [-0.2, 0) is 5.60 Å². The third-order valence-electron chi connectivity index (χ3n) is 4.23. The van der Waals surface area contributed by atoms with Crippen molar-refractivity contribution in [2.75, 3.05) is 7.11 Å². The lowest BCUT2D eigenvalue weighted by molar-refractivity contribution is 0.0281. The minimum atomic E-state index is -1.09. The molecule has 3 rings (SSSR count). The average Bonchev–Trinajstić information content (AvgIpc) is 3.07. The molecule has 3 aromatic rings. The van der Waals surface area contributed by atoms with Crippen molar-refractivity contribution in [2.24, 2.45) is 5.92 Å². The Balaban J connectivity index is 2.15. The number of rotatable bonds is 4. The summed E-state index contributed by atoms with van der Waals surface area (Å²) >= 11 is 0. The molecular formula is C18H20N2O2. The van der Waals surface area contributed by atoms with E-state index in [2.05, 4.69) is 9.97 Å². The van der Waals surface area contributed by atoms with Gasteiger partial charge in [0.25, 0.3) is 0 Å². The van der Waals surface area contributed by atoms with E-state index in [-0.39, 0.29) is 5.92 Å². The summed E-state index contributed by atoms with van der Waals surface area (Å²) in [4.78, 5) is 7.09. The van der Waals surface area contributed by atoms with Crippen LogP contribution in [0, 0.1) is 5.92 Å². The van der Waals surface area contributed by atoms with Gasteiger partial charge in [0.2, 0.25) is 0 Å². The fourth-order valence-electron chi connectivity index (χ4n) is 2.85. The van der Waals surface area contributed by atoms with E-state index >= 15 is 0 Å². The van der Waals surface area contributed by atoms with Crippen molar-refractivity contribution in [3.63, 3.8) is 0 Å². The van der Waals surface area contributed by atoms with Gasteiger partial charge in [-0.3, -0.25) is 0 Å². The minimum Gasteiger partial charge on any atom is -0.497 e. The molecule has 0 bridgehead atoms. The van der Waals surface area contributed by atoms with E-state index in [0.717, 1.165) is 22.1 Å². The van der Waals surface area contributed by atoms with Crippen molar-refractivity contribution in [1.82, 2.24) is 9.97 Å². The van der Waals surface area contributed by atoms with Gasteiger partial charge in [-0.2, -0.15) is 0 Å². The molecule has 0 unspecified atom stereocenters. The van der Waals surface area contributed by atoms with Crippen LogP contribution in [-0.4, -0.2) is 22.2 Å². The normalized spacial score (nSPS) is 14.2. The van der Waals surface area contributed by atoms with Crippen molar-refractivity contribution in [1.29, 1.82) is 0 Å². The SMILES string of the molecule is COc1ccc2cc([C@](O)(c3cnc[nH]3)C(C)C)ccc2c1. The Kier molecular flexibility index (Phi) is 3.62. The Morgan fingerprint density at radius 2 is 1.86 bits per heavy atom. The van der Waals surface area contributed by atoms with Crippen molar-refractivity contribution in [3.8, 4) is 5.75 Å². The van der Waals surface area contributed by atoms with Crippen molar-refractivity contribution in [2.45, 2.75) is 19.4 Å². The average molecular weight is 296 g/mol. The van der Waals surface area contributed by atoms with Gasteiger partial charge < -0.3 is 14.8 Å². The molecule has 0 aliphatic carbocycles. The molecule has 0 aliphatic rings. The maximum absolute atomic E-state index is 11.3. The Morgan fingerprint density at radius 1 is 1.14 bits per heavy atom. The van der Waals surface area contributed by atoms with Crippen LogP contribution in [0.3, 0.4) is 0 Å². The summed E-state index contributed by atoms with van der Waals surface area (Å²) in [6.07, 6.45) is 3.27. The first kappa shape index (κ1) is 14.6. The fourth-order valence-corrected chi connectivity index (χ4v) is 2.85. The smallest absolute Gasteiger partial charge is 0.133 e. The van der Waals surface area contributed by atoms with Gasteiger partial charge in [0, 0.05) is 0 Å². The number of hydrogen-bond acceptors (Lipinski definition) is 3. The zero-order valence-electron chi connectivity index (χ0n) is 13.0. The zero-order valence-corrected chi connectivity index (χ0v) is 13.0. The molecule has 1 atom stereocenters. The lowest BCUT2D eigenvalue weighted by Gasteiger charge is -2.32. The summed E-state index contributed by atoms with van der Waals surface area (Å²) in [5, 5.41) is 13.4. The monoisotopic (exact) mass is 296 g/mol. The van der Waals surface area contributed by atoms with Crippen LogP contribution in [0.15, 0.2) is 48.9 Å². The summed E-state index contributed by atoms with van der Waals surface area (Å²) in [5.41, 5.74) is 0.463. The van der Waals surface area contributed by atoms with Gasteiger partial charge in [0.1, 0.15) is 11.4 Å². The number of nitrogens with zero attached hydrogens (tertiary/aromatic N) is 1. The Bertz CT molecular complexity index is 781.